The van der Waals surface area contributed by atoms with E-state index in [1.54, 1.807) is 0 Å². The molecule has 124 valence electrons. The molecule has 5 heteroatoms. The summed E-state index contributed by atoms with van der Waals surface area (Å²) in [5.41, 5.74) is -1.03. The smallest absolute Gasteiger partial charge is 0.253 e. The van der Waals surface area contributed by atoms with Crippen molar-refractivity contribution >= 4 is 5.91 Å². The highest BCUT2D eigenvalue weighted by molar-refractivity contribution is 5.91. The molecular weight excluding hydrogens is 295 g/mol. The van der Waals surface area contributed by atoms with Gasteiger partial charge in [0.05, 0.1) is 12.0 Å². The molecule has 3 fully saturated rings. The van der Waals surface area contributed by atoms with Crippen LogP contribution in [0.15, 0.2) is 30.3 Å². The lowest BCUT2D eigenvalue weighted by molar-refractivity contribution is -0.149. The highest BCUT2D eigenvalue weighted by atomic mass is 19.1. The number of morpholine rings is 1. The van der Waals surface area contributed by atoms with E-state index < -0.39 is 17.2 Å². The van der Waals surface area contributed by atoms with Gasteiger partial charge in [-0.2, -0.15) is 0 Å². The van der Waals surface area contributed by atoms with Crippen LogP contribution in [0.5, 0.6) is 0 Å². The topological polar surface area (TPSA) is 50.4 Å². The number of amides is 1. The Kier molecular flexibility index (Phi) is 3.65. The predicted octanol–water partition coefficient (Wildman–Crippen LogP) is 1.97. The minimum absolute atomic E-state index is 0.124. The summed E-state index contributed by atoms with van der Waals surface area (Å²) < 4.78 is 21.6. The average molecular weight is 318 g/mol. The molecule has 2 heterocycles. The first-order chi connectivity index (χ1) is 11.2. The summed E-state index contributed by atoms with van der Waals surface area (Å²) in [5, 5.41) is 6.22. The van der Waals surface area contributed by atoms with Crippen molar-refractivity contribution in [1.82, 2.24) is 10.6 Å². The molecule has 1 amide bonds. The Labute approximate surface area is 135 Å². The van der Waals surface area contributed by atoms with Crippen molar-refractivity contribution in [3.8, 4) is 0 Å². The second kappa shape index (κ2) is 5.56. The second-order valence-corrected chi connectivity index (χ2v) is 6.95. The van der Waals surface area contributed by atoms with Gasteiger partial charge in [0.1, 0.15) is 6.17 Å². The van der Waals surface area contributed by atoms with Gasteiger partial charge in [0.25, 0.3) is 5.91 Å². The van der Waals surface area contributed by atoms with Gasteiger partial charge in [-0.3, -0.25) is 4.79 Å². The van der Waals surface area contributed by atoms with Crippen LogP contribution in [0.3, 0.4) is 0 Å². The number of piperidine rings is 1. The van der Waals surface area contributed by atoms with E-state index in [9.17, 15) is 4.79 Å². The van der Waals surface area contributed by atoms with Gasteiger partial charge < -0.3 is 15.4 Å². The van der Waals surface area contributed by atoms with Gasteiger partial charge >= 0.3 is 0 Å². The Bertz CT molecular complexity index is 590. The summed E-state index contributed by atoms with van der Waals surface area (Å²) in [4.78, 5) is 12.6. The zero-order chi connectivity index (χ0) is 15.9. The van der Waals surface area contributed by atoms with Gasteiger partial charge in [-0.05, 0) is 43.8 Å². The van der Waals surface area contributed by atoms with E-state index in [1.165, 1.54) is 0 Å². The summed E-state index contributed by atoms with van der Waals surface area (Å²) in [6.07, 6.45) is 1.11. The number of nitrogens with one attached hydrogen (secondary N) is 2. The summed E-state index contributed by atoms with van der Waals surface area (Å²) in [6, 6.07) is 9.24. The molecule has 0 bridgehead atoms. The van der Waals surface area contributed by atoms with E-state index >= 15 is 4.39 Å². The Hall–Kier alpha value is -1.46. The third-order valence-corrected chi connectivity index (χ3v) is 5.88. The lowest BCUT2D eigenvalue weighted by atomic mass is 9.74. The lowest BCUT2D eigenvalue weighted by Gasteiger charge is -2.38. The molecule has 0 radical (unpaired) electrons. The van der Waals surface area contributed by atoms with E-state index in [1.807, 2.05) is 30.3 Å². The average Bonchev–Trinajstić information content (AvgIpc) is 3.29. The molecule has 1 saturated carbocycles. The normalized spacial score (nSPS) is 35.8. The molecule has 0 aromatic heterocycles. The van der Waals surface area contributed by atoms with Crippen LogP contribution < -0.4 is 10.6 Å². The van der Waals surface area contributed by atoms with Crippen molar-refractivity contribution in [2.24, 2.45) is 11.3 Å². The summed E-state index contributed by atoms with van der Waals surface area (Å²) in [6.45, 7) is 2.75. The molecular formula is C18H23FN2O2. The van der Waals surface area contributed by atoms with E-state index in [0.717, 1.165) is 25.9 Å². The maximum absolute atomic E-state index is 15.7. The quantitative estimate of drug-likeness (QED) is 0.896. The van der Waals surface area contributed by atoms with Crippen molar-refractivity contribution in [1.29, 1.82) is 0 Å². The molecule has 23 heavy (non-hydrogen) atoms. The molecule has 3 aliphatic rings. The van der Waals surface area contributed by atoms with Gasteiger partial charge in [-0.1, -0.05) is 30.3 Å². The molecule has 3 unspecified atom stereocenters. The van der Waals surface area contributed by atoms with Gasteiger partial charge in [0.15, 0.2) is 5.60 Å². The van der Waals surface area contributed by atoms with Crippen LogP contribution in [0.4, 0.5) is 4.39 Å². The minimum Gasteiger partial charge on any atom is -0.363 e. The number of halogens is 1. The summed E-state index contributed by atoms with van der Waals surface area (Å²) in [7, 11) is 0. The van der Waals surface area contributed by atoms with Crippen LogP contribution in [-0.2, 0) is 9.53 Å². The third kappa shape index (κ3) is 2.13. The van der Waals surface area contributed by atoms with Crippen LogP contribution >= 0.6 is 0 Å². The van der Waals surface area contributed by atoms with E-state index in [0.29, 0.717) is 25.1 Å². The molecule has 1 aliphatic carbocycles. The van der Waals surface area contributed by atoms with Crippen molar-refractivity contribution in [2.75, 3.05) is 26.2 Å². The van der Waals surface area contributed by atoms with E-state index in [2.05, 4.69) is 10.6 Å². The molecule has 4 rings (SSSR count). The largest absolute Gasteiger partial charge is 0.363 e. The monoisotopic (exact) mass is 318 g/mol. The number of benzene rings is 1. The first kappa shape index (κ1) is 15.1. The number of carbonyl (C=O) groups is 1. The highest BCUT2D eigenvalue weighted by Gasteiger charge is 2.79. The highest BCUT2D eigenvalue weighted by Crippen LogP contribution is 2.72. The van der Waals surface area contributed by atoms with Crippen molar-refractivity contribution in [3.63, 3.8) is 0 Å². The fourth-order valence-electron chi connectivity index (χ4n) is 4.67. The standard InChI is InChI=1S/C18H23FN2O2/c19-15(13-4-2-1-3-5-13)17(14-6-8-20-9-7-14)12-18(17)16(22)21-10-11-23-18/h1-5,14-15,20H,6-12H2,(H,21,22). The Balaban J connectivity index is 1.72. The first-order valence-corrected chi connectivity index (χ1v) is 8.53. The molecule has 1 aromatic rings. The third-order valence-electron chi connectivity index (χ3n) is 5.88. The maximum atomic E-state index is 15.7. The van der Waals surface area contributed by atoms with Crippen molar-refractivity contribution in [2.45, 2.75) is 31.0 Å². The van der Waals surface area contributed by atoms with Gasteiger partial charge in [-0.15, -0.1) is 0 Å². The summed E-state index contributed by atoms with van der Waals surface area (Å²) >= 11 is 0. The number of rotatable bonds is 3. The molecule has 3 atom stereocenters. The molecule has 1 spiro atoms. The van der Waals surface area contributed by atoms with Crippen LogP contribution in [0.25, 0.3) is 0 Å². The zero-order valence-electron chi connectivity index (χ0n) is 13.2. The molecule has 2 N–H and O–H groups in total. The SMILES string of the molecule is O=C1NCCOC12CC2(C1CCNCC1)C(F)c1ccccc1. The molecule has 2 aliphatic heterocycles. The van der Waals surface area contributed by atoms with E-state index in [-0.39, 0.29) is 11.8 Å². The number of ether oxygens (including phenoxy) is 1. The number of carbonyl (C=O) groups excluding carboxylic acids is 1. The Morgan fingerprint density at radius 1 is 1.17 bits per heavy atom. The molecule has 4 nitrogen and oxygen atoms in total. The Morgan fingerprint density at radius 2 is 1.91 bits per heavy atom. The number of hydrogen-bond acceptors (Lipinski definition) is 3. The summed E-state index contributed by atoms with van der Waals surface area (Å²) in [5.74, 6) is 0.0451. The van der Waals surface area contributed by atoms with Crippen LogP contribution in [0.2, 0.25) is 0 Å². The number of alkyl halides is 1. The fraction of sp³-hybridized carbons (Fsp3) is 0.611. The minimum atomic E-state index is -1.17. The second-order valence-electron chi connectivity index (χ2n) is 6.95. The van der Waals surface area contributed by atoms with Crippen molar-refractivity contribution < 1.29 is 13.9 Å². The van der Waals surface area contributed by atoms with Crippen LogP contribution in [0.1, 0.15) is 31.0 Å². The fourth-order valence-corrected chi connectivity index (χ4v) is 4.67. The van der Waals surface area contributed by atoms with Gasteiger partial charge in [-0.25, -0.2) is 4.39 Å². The van der Waals surface area contributed by atoms with Crippen molar-refractivity contribution in [3.05, 3.63) is 35.9 Å². The maximum Gasteiger partial charge on any atom is 0.253 e. The van der Waals surface area contributed by atoms with Gasteiger partial charge in [0.2, 0.25) is 0 Å². The predicted molar refractivity (Wildman–Crippen MR) is 84.6 cm³/mol. The zero-order valence-corrected chi connectivity index (χ0v) is 13.2. The Morgan fingerprint density at radius 3 is 2.61 bits per heavy atom. The van der Waals surface area contributed by atoms with Crippen LogP contribution in [0, 0.1) is 11.3 Å². The number of hydrogen-bond donors (Lipinski definition) is 2. The van der Waals surface area contributed by atoms with Crippen LogP contribution in [-0.4, -0.2) is 37.7 Å². The lowest BCUT2D eigenvalue weighted by Crippen LogP contribution is -2.52. The van der Waals surface area contributed by atoms with Gasteiger partial charge in [0, 0.05) is 6.54 Å². The molecule has 2 saturated heterocycles. The molecule has 1 aromatic carbocycles. The van der Waals surface area contributed by atoms with E-state index in [4.69, 9.17) is 4.74 Å². The first-order valence-electron chi connectivity index (χ1n) is 8.53.